The first kappa shape index (κ1) is 10.8. The van der Waals surface area contributed by atoms with Crippen LogP contribution in [-0.4, -0.2) is 20.8 Å². The molecular weight excluding hydrogens is 226 g/mol. The van der Waals surface area contributed by atoms with Crippen LogP contribution in [0.1, 0.15) is 23.1 Å². The topological polar surface area (TPSA) is 47.8 Å². The first-order valence-electron chi connectivity index (χ1n) is 4.79. The van der Waals surface area contributed by atoms with E-state index in [0.717, 1.165) is 5.69 Å². The lowest BCUT2D eigenvalue weighted by Gasteiger charge is -2.04. The number of carbonyl (C=O) groups excluding carboxylic acids is 1. The molecular formula is C11H10ClN3O. The van der Waals surface area contributed by atoms with Crippen molar-refractivity contribution in [1.82, 2.24) is 15.0 Å². The Hall–Kier alpha value is -1.68. The first-order valence-corrected chi connectivity index (χ1v) is 5.17. The SMILES string of the molecule is CC(=O)c1nnn(-c2ccccc2Cl)c1C. The molecule has 0 aliphatic heterocycles. The molecule has 0 N–H and O–H groups in total. The van der Waals surface area contributed by atoms with Crippen molar-refractivity contribution in [3.8, 4) is 5.69 Å². The summed E-state index contributed by atoms with van der Waals surface area (Å²) < 4.78 is 1.57. The molecule has 16 heavy (non-hydrogen) atoms. The summed E-state index contributed by atoms with van der Waals surface area (Å²) in [5, 5.41) is 8.34. The maximum Gasteiger partial charge on any atom is 0.181 e. The van der Waals surface area contributed by atoms with Crippen LogP contribution in [0.15, 0.2) is 24.3 Å². The minimum Gasteiger partial charge on any atom is -0.293 e. The highest BCUT2D eigenvalue weighted by molar-refractivity contribution is 6.32. The highest BCUT2D eigenvalue weighted by Gasteiger charge is 2.14. The van der Waals surface area contributed by atoms with E-state index in [0.29, 0.717) is 16.4 Å². The monoisotopic (exact) mass is 235 g/mol. The Labute approximate surface area is 97.8 Å². The zero-order valence-corrected chi connectivity index (χ0v) is 9.69. The zero-order chi connectivity index (χ0) is 11.7. The van der Waals surface area contributed by atoms with Gasteiger partial charge in [0.1, 0.15) is 0 Å². The Balaban J connectivity index is 2.58. The Bertz CT molecular complexity index is 548. The molecule has 1 aromatic heterocycles. The smallest absolute Gasteiger partial charge is 0.181 e. The number of aromatic nitrogens is 3. The van der Waals surface area contributed by atoms with Crippen molar-refractivity contribution < 1.29 is 4.79 Å². The van der Waals surface area contributed by atoms with Crippen LogP contribution in [0, 0.1) is 6.92 Å². The molecule has 0 atom stereocenters. The lowest BCUT2D eigenvalue weighted by Crippen LogP contribution is -2.01. The summed E-state index contributed by atoms with van der Waals surface area (Å²) in [6.45, 7) is 3.26. The predicted octanol–water partition coefficient (Wildman–Crippen LogP) is 2.43. The van der Waals surface area contributed by atoms with Gasteiger partial charge in [0, 0.05) is 6.92 Å². The molecule has 0 amide bonds. The number of Topliss-reactive ketones (excluding diaryl/α,β-unsaturated/α-hetero) is 1. The minimum atomic E-state index is -0.101. The fourth-order valence-corrected chi connectivity index (χ4v) is 1.72. The highest BCUT2D eigenvalue weighted by atomic mass is 35.5. The lowest BCUT2D eigenvalue weighted by atomic mass is 10.2. The largest absolute Gasteiger partial charge is 0.293 e. The summed E-state index contributed by atoms with van der Waals surface area (Å²) >= 11 is 6.05. The van der Waals surface area contributed by atoms with Crippen LogP contribution in [0.2, 0.25) is 5.02 Å². The van der Waals surface area contributed by atoms with E-state index < -0.39 is 0 Å². The summed E-state index contributed by atoms with van der Waals surface area (Å²) in [4.78, 5) is 11.2. The second-order valence-corrected chi connectivity index (χ2v) is 3.85. The third-order valence-electron chi connectivity index (χ3n) is 2.31. The molecule has 0 fully saturated rings. The van der Waals surface area contributed by atoms with Crippen LogP contribution >= 0.6 is 11.6 Å². The molecule has 0 aliphatic carbocycles. The van der Waals surface area contributed by atoms with Gasteiger partial charge in [-0.1, -0.05) is 28.9 Å². The molecule has 0 saturated heterocycles. The minimum absolute atomic E-state index is 0.101. The average Bonchev–Trinajstić information content (AvgIpc) is 2.61. The van der Waals surface area contributed by atoms with Crippen molar-refractivity contribution in [2.24, 2.45) is 0 Å². The van der Waals surface area contributed by atoms with E-state index in [1.54, 1.807) is 17.7 Å². The molecule has 2 rings (SSSR count). The molecule has 0 unspecified atom stereocenters. The third kappa shape index (κ3) is 1.72. The van der Waals surface area contributed by atoms with Crippen LogP contribution in [-0.2, 0) is 0 Å². The van der Waals surface area contributed by atoms with Gasteiger partial charge in [0.25, 0.3) is 0 Å². The van der Waals surface area contributed by atoms with E-state index in [1.165, 1.54) is 6.92 Å². The van der Waals surface area contributed by atoms with Gasteiger partial charge in [0.05, 0.1) is 16.4 Å². The van der Waals surface area contributed by atoms with Gasteiger partial charge in [-0.05, 0) is 19.1 Å². The van der Waals surface area contributed by atoms with Gasteiger partial charge < -0.3 is 0 Å². The molecule has 0 bridgehead atoms. The number of halogens is 1. The molecule has 2 aromatic rings. The van der Waals surface area contributed by atoms with Gasteiger partial charge in [-0.3, -0.25) is 4.79 Å². The number of nitrogens with zero attached hydrogens (tertiary/aromatic N) is 3. The number of hydrogen-bond acceptors (Lipinski definition) is 3. The molecule has 1 aromatic carbocycles. The number of benzene rings is 1. The Kier molecular flexibility index (Phi) is 2.75. The maximum absolute atomic E-state index is 11.2. The molecule has 0 aliphatic rings. The number of rotatable bonds is 2. The van der Waals surface area contributed by atoms with E-state index >= 15 is 0 Å². The van der Waals surface area contributed by atoms with Crippen molar-refractivity contribution in [2.45, 2.75) is 13.8 Å². The summed E-state index contributed by atoms with van der Waals surface area (Å²) in [7, 11) is 0. The van der Waals surface area contributed by atoms with Gasteiger partial charge in [-0.2, -0.15) is 0 Å². The molecule has 0 spiro atoms. The highest BCUT2D eigenvalue weighted by Crippen LogP contribution is 2.21. The van der Waals surface area contributed by atoms with Crippen molar-refractivity contribution in [2.75, 3.05) is 0 Å². The molecule has 1 heterocycles. The van der Waals surface area contributed by atoms with Crippen molar-refractivity contribution >= 4 is 17.4 Å². The van der Waals surface area contributed by atoms with Gasteiger partial charge in [-0.15, -0.1) is 5.10 Å². The molecule has 5 heteroatoms. The van der Waals surface area contributed by atoms with Crippen LogP contribution in [0.5, 0.6) is 0 Å². The van der Waals surface area contributed by atoms with Crippen molar-refractivity contribution in [3.05, 3.63) is 40.7 Å². The number of ketones is 1. The van der Waals surface area contributed by atoms with Crippen LogP contribution in [0.25, 0.3) is 5.69 Å². The molecule has 4 nitrogen and oxygen atoms in total. The number of carbonyl (C=O) groups is 1. The lowest BCUT2D eigenvalue weighted by molar-refractivity contribution is 0.101. The Morgan fingerprint density at radius 1 is 1.38 bits per heavy atom. The predicted molar refractivity (Wildman–Crippen MR) is 61.1 cm³/mol. The van der Waals surface area contributed by atoms with E-state index in [1.807, 2.05) is 18.2 Å². The third-order valence-corrected chi connectivity index (χ3v) is 2.63. The van der Waals surface area contributed by atoms with Crippen LogP contribution < -0.4 is 0 Å². The zero-order valence-electron chi connectivity index (χ0n) is 8.94. The van der Waals surface area contributed by atoms with Gasteiger partial charge in [-0.25, -0.2) is 4.68 Å². The summed E-state index contributed by atoms with van der Waals surface area (Å²) in [5.41, 5.74) is 1.79. The summed E-state index contributed by atoms with van der Waals surface area (Å²) in [5.74, 6) is -0.101. The van der Waals surface area contributed by atoms with E-state index in [4.69, 9.17) is 11.6 Å². The Morgan fingerprint density at radius 2 is 2.06 bits per heavy atom. The fraction of sp³-hybridized carbons (Fsp3) is 0.182. The van der Waals surface area contributed by atoms with Gasteiger partial charge >= 0.3 is 0 Å². The normalized spacial score (nSPS) is 10.4. The maximum atomic E-state index is 11.2. The van der Waals surface area contributed by atoms with Crippen molar-refractivity contribution in [3.63, 3.8) is 0 Å². The summed E-state index contributed by atoms with van der Waals surface area (Å²) in [6, 6.07) is 7.29. The number of para-hydroxylation sites is 1. The number of hydrogen-bond donors (Lipinski definition) is 0. The Morgan fingerprint density at radius 3 is 2.62 bits per heavy atom. The van der Waals surface area contributed by atoms with E-state index in [-0.39, 0.29) is 5.78 Å². The van der Waals surface area contributed by atoms with Gasteiger partial charge in [0.15, 0.2) is 11.5 Å². The quantitative estimate of drug-likeness (QED) is 0.751. The van der Waals surface area contributed by atoms with Crippen LogP contribution in [0.3, 0.4) is 0 Å². The molecule has 0 saturated carbocycles. The fourth-order valence-electron chi connectivity index (χ4n) is 1.51. The molecule has 0 radical (unpaired) electrons. The van der Waals surface area contributed by atoms with Gasteiger partial charge in [0.2, 0.25) is 0 Å². The van der Waals surface area contributed by atoms with E-state index in [2.05, 4.69) is 10.3 Å². The average molecular weight is 236 g/mol. The van der Waals surface area contributed by atoms with Crippen LogP contribution in [0.4, 0.5) is 0 Å². The standard InChI is InChI=1S/C11H10ClN3O/c1-7-11(8(2)16)13-14-15(7)10-6-4-3-5-9(10)12/h3-6H,1-2H3. The molecule has 82 valence electrons. The second-order valence-electron chi connectivity index (χ2n) is 3.44. The summed E-state index contributed by atoms with van der Waals surface area (Å²) in [6.07, 6.45) is 0. The first-order chi connectivity index (χ1) is 7.61. The van der Waals surface area contributed by atoms with Crippen molar-refractivity contribution in [1.29, 1.82) is 0 Å². The van der Waals surface area contributed by atoms with E-state index in [9.17, 15) is 4.79 Å². The second kappa shape index (κ2) is 4.06.